The molecule has 0 aliphatic carbocycles. The number of benzene rings is 2. The summed E-state index contributed by atoms with van der Waals surface area (Å²) >= 11 is 0. The summed E-state index contributed by atoms with van der Waals surface area (Å²) in [5.74, 6) is -2.14. The minimum atomic E-state index is -1.42. The van der Waals surface area contributed by atoms with E-state index in [2.05, 4.69) is 15.7 Å². The fourth-order valence-electron chi connectivity index (χ4n) is 6.02. The van der Waals surface area contributed by atoms with Gasteiger partial charge in [-0.3, -0.25) is 14.4 Å². The lowest BCUT2D eigenvalue weighted by Gasteiger charge is -2.41. The number of nitrogens with zero attached hydrogens (tertiary/aromatic N) is 3. The SMILES string of the molecule is CN1N=C2CCN(C(=O)C(CCCc3cccc(C(=O)O)c3)NC(=O)C(C)(C)NC(=O)OC(C)(C)C)CC2(Cc2ccccc2)C1=O. The first-order valence-corrected chi connectivity index (χ1v) is 15.8. The number of carboxylic acids is 1. The number of alkyl carbamates (subject to hydrolysis) is 1. The van der Waals surface area contributed by atoms with E-state index in [4.69, 9.17) is 4.74 Å². The normalized spacial score (nSPS) is 18.6. The van der Waals surface area contributed by atoms with Crippen molar-refractivity contribution in [1.29, 1.82) is 0 Å². The van der Waals surface area contributed by atoms with Crippen LogP contribution in [0.25, 0.3) is 0 Å². The maximum absolute atomic E-state index is 14.3. The number of aryl methyl sites for hydroxylation is 1. The molecule has 2 aliphatic rings. The van der Waals surface area contributed by atoms with Crippen molar-refractivity contribution in [2.24, 2.45) is 10.5 Å². The molecule has 3 N–H and O–H groups in total. The second-order valence-corrected chi connectivity index (χ2v) is 13.8. The molecule has 2 aliphatic heterocycles. The molecule has 4 amide bonds. The number of piperidine rings is 1. The van der Waals surface area contributed by atoms with Crippen LogP contribution in [0.4, 0.5) is 4.79 Å². The molecule has 252 valence electrons. The highest BCUT2D eigenvalue weighted by Gasteiger charge is 2.54. The highest BCUT2D eigenvalue weighted by Crippen LogP contribution is 2.38. The van der Waals surface area contributed by atoms with E-state index in [1.165, 1.54) is 24.9 Å². The van der Waals surface area contributed by atoms with Crippen LogP contribution in [-0.4, -0.2) is 87.8 Å². The number of aromatic carboxylic acids is 1. The van der Waals surface area contributed by atoms with Crippen LogP contribution in [0.3, 0.4) is 0 Å². The van der Waals surface area contributed by atoms with E-state index in [9.17, 15) is 29.1 Å². The van der Waals surface area contributed by atoms with Gasteiger partial charge < -0.3 is 25.4 Å². The van der Waals surface area contributed by atoms with Crippen molar-refractivity contribution < 1.29 is 33.8 Å². The number of nitrogens with one attached hydrogen (secondary N) is 2. The van der Waals surface area contributed by atoms with E-state index in [0.717, 1.165) is 16.8 Å². The van der Waals surface area contributed by atoms with E-state index in [1.807, 2.05) is 36.4 Å². The maximum atomic E-state index is 14.3. The van der Waals surface area contributed by atoms with Crippen LogP contribution in [0, 0.1) is 5.41 Å². The van der Waals surface area contributed by atoms with Crippen LogP contribution in [0.1, 0.15) is 75.4 Å². The highest BCUT2D eigenvalue weighted by atomic mass is 16.6. The van der Waals surface area contributed by atoms with Gasteiger partial charge in [-0.1, -0.05) is 42.5 Å². The summed E-state index contributed by atoms with van der Waals surface area (Å²) in [6.45, 7) is 8.62. The van der Waals surface area contributed by atoms with Crippen molar-refractivity contribution in [3.05, 3.63) is 71.3 Å². The fraction of sp³-hybridized carbons (Fsp3) is 0.486. The summed E-state index contributed by atoms with van der Waals surface area (Å²) in [6.07, 6.45) is 1.18. The number of hydrogen-bond acceptors (Lipinski definition) is 7. The second kappa shape index (κ2) is 13.9. The van der Waals surface area contributed by atoms with Crippen LogP contribution in [0.5, 0.6) is 0 Å². The van der Waals surface area contributed by atoms with Gasteiger partial charge in [-0.2, -0.15) is 5.10 Å². The average molecular weight is 648 g/mol. The Morgan fingerprint density at radius 2 is 1.70 bits per heavy atom. The lowest BCUT2D eigenvalue weighted by Crippen LogP contribution is -2.62. The van der Waals surface area contributed by atoms with Gasteiger partial charge >= 0.3 is 12.1 Å². The van der Waals surface area contributed by atoms with Gasteiger partial charge in [-0.15, -0.1) is 0 Å². The molecular formula is C35H45N5O7. The van der Waals surface area contributed by atoms with Crippen LogP contribution in [0.2, 0.25) is 0 Å². The molecular weight excluding hydrogens is 602 g/mol. The van der Waals surface area contributed by atoms with Gasteiger partial charge in [0, 0.05) is 26.6 Å². The first kappa shape index (κ1) is 35.1. The van der Waals surface area contributed by atoms with Gasteiger partial charge in [0.2, 0.25) is 11.8 Å². The predicted molar refractivity (Wildman–Crippen MR) is 176 cm³/mol. The molecule has 47 heavy (non-hydrogen) atoms. The van der Waals surface area contributed by atoms with Gasteiger partial charge in [0.15, 0.2) is 0 Å². The Bertz CT molecular complexity index is 1550. The number of hydrazone groups is 1. The molecule has 1 saturated heterocycles. The van der Waals surface area contributed by atoms with E-state index < -0.39 is 40.6 Å². The molecule has 1 fully saturated rings. The number of ether oxygens (including phenoxy) is 1. The number of likely N-dealkylation sites (tertiary alicyclic amines) is 1. The van der Waals surface area contributed by atoms with Crippen LogP contribution >= 0.6 is 0 Å². The maximum Gasteiger partial charge on any atom is 0.408 e. The second-order valence-electron chi connectivity index (χ2n) is 13.8. The number of rotatable bonds is 11. The summed E-state index contributed by atoms with van der Waals surface area (Å²) in [5, 5.41) is 20.7. The van der Waals surface area contributed by atoms with Gasteiger partial charge in [0.25, 0.3) is 5.91 Å². The summed E-state index contributed by atoms with van der Waals surface area (Å²) in [5.41, 5.74) is -0.579. The molecule has 0 saturated carbocycles. The zero-order valence-corrected chi connectivity index (χ0v) is 28.0. The molecule has 2 aromatic carbocycles. The van der Waals surface area contributed by atoms with E-state index in [1.54, 1.807) is 44.9 Å². The van der Waals surface area contributed by atoms with Crippen molar-refractivity contribution in [1.82, 2.24) is 20.5 Å². The summed E-state index contributed by atoms with van der Waals surface area (Å²) < 4.78 is 5.34. The molecule has 12 nitrogen and oxygen atoms in total. The Balaban J connectivity index is 1.56. The molecule has 2 aromatic rings. The lowest BCUT2D eigenvalue weighted by atomic mass is 9.73. The molecule has 0 bridgehead atoms. The molecule has 0 radical (unpaired) electrons. The number of amides is 4. The Morgan fingerprint density at radius 1 is 1.02 bits per heavy atom. The van der Waals surface area contributed by atoms with Crippen molar-refractivity contribution in [3.8, 4) is 0 Å². The Labute approximate surface area is 275 Å². The first-order valence-electron chi connectivity index (χ1n) is 15.8. The number of fused-ring (bicyclic) bond motifs is 1. The van der Waals surface area contributed by atoms with Crippen molar-refractivity contribution in [2.75, 3.05) is 20.1 Å². The third-order valence-corrected chi connectivity index (χ3v) is 8.38. The third kappa shape index (κ3) is 8.55. The van der Waals surface area contributed by atoms with Crippen molar-refractivity contribution in [2.45, 2.75) is 83.9 Å². The summed E-state index contributed by atoms with van der Waals surface area (Å²) in [6, 6.07) is 15.2. The molecule has 12 heteroatoms. The molecule has 0 spiro atoms. The summed E-state index contributed by atoms with van der Waals surface area (Å²) in [7, 11) is 1.62. The quantitative estimate of drug-likeness (QED) is 0.335. The van der Waals surface area contributed by atoms with Crippen molar-refractivity contribution >= 4 is 35.5 Å². The largest absolute Gasteiger partial charge is 0.478 e. The third-order valence-electron chi connectivity index (χ3n) is 8.38. The Hall–Kier alpha value is -4.74. The van der Waals surface area contributed by atoms with E-state index >= 15 is 0 Å². The molecule has 0 aromatic heterocycles. The molecule has 4 rings (SSSR count). The van der Waals surface area contributed by atoms with Gasteiger partial charge in [-0.25, -0.2) is 14.6 Å². The standard InChI is InChI=1S/C35H45N5O7/c1-33(2,3)47-32(46)37-34(4,5)30(44)36-26(17-11-15-23-14-10-16-25(20-23)29(42)43)28(41)40-19-18-27-35(22-40,31(45)39(6)38-27)21-24-12-8-7-9-13-24/h7-10,12-14,16,20,26H,11,15,17-19,21-22H2,1-6H3,(H,36,44)(H,37,46)(H,42,43). The minimum absolute atomic E-state index is 0.106. The lowest BCUT2D eigenvalue weighted by molar-refractivity contribution is -0.142. The van der Waals surface area contributed by atoms with Gasteiger partial charge in [0.05, 0.1) is 11.3 Å². The van der Waals surface area contributed by atoms with E-state index in [0.29, 0.717) is 32.2 Å². The van der Waals surface area contributed by atoms with E-state index in [-0.39, 0.29) is 30.3 Å². The van der Waals surface area contributed by atoms with Crippen LogP contribution < -0.4 is 10.6 Å². The smallest absolute Gasteiger partial charge is 0.408 e. The zero-order chi connectivity index (χ0) is 34.6. The number of hydrogen-bond donors (Lipinski definition) is 3. The first-order chi connectivity index (χ1) is 22.0. The minimum Gasteiger partial charge on any atom is -0.478 e. The fourth-order valence-corrected chi connectivity index (χ4v) is 6.02. The molecule has 2 heterocycles. The predicted octanol–water partition coefficient (Wildman–Crippen LogP) is 3.79. The Morgan fingerprint density at radius 3 is 2.36 bits per heavy atom. The van der Waals surface area contributed by atoms with Gasteiger partial charge in [-0.05, 0) is 83.6 Å². The van der Waals surface area contributed by atoms with Crippen LogP contribution in [0.15, 0.2) is 59.7 Å². The number of carboxylic acid groups (broad SMARTS) is 1. The number of carbonyl (C=O) groups excluding carboxylic acids is 4. The molecule has 2 atom stereocenters. The van der Waals surface area contributed by atoms with Crippen LogP contribution in [-0.2, 0) is 32.0 Å². The number of carbonyl (C=O) groups is 5. The summed E-state index contributed by atoms with van der Waals surface area (Å²) in [4.78, 5) is 67.1. The topological polar surface area (TPSA) is 158 Å². The Kier molecular flexibility index (Phi) is 10.4. The van der Waals surface area contributed by atoms with Gasteiger partial charge in [0.1, 0.15) is 22.6 Å². The monoisotopic (exact) mass is 647 g/mol. The van der Waals surface area contributed by atoms with Crippen molar-refractivity contribution in [3.63, 3.8) is 0 Å². The average Bonchev–Trinajstić information content (AvgIpc) is 3.23. The highest BCUT2D eigenvalue weighted by molar-refractivity contribution is 6.13. The molecule has 2 unspecified atom stereocenters. The zero-order valence-electron chi connectivity index (χ0n) is 28.0.